The lowest BCUT2D eigenvalue weighted by Crippen LogP contribution is -2.15. The van der Waals surface area contributed by atoms with Gasteiger partial charge in [0.15, 0.2) is 0 Å². The van der Waals surface area contributed by atoms with E-state index in [1.165, 1.54) is 37.0 Å². The van der Waals surface area contributed by atoms with Gasteiger partial charge in [0.05, 0.1) is 6.04 Å². The van der Waals surface area contributed by atoms with E-state index in [0.29, 0.717) is 5.92 Å². The molecular formula is C17H17FIN. The van der Waals surface area contributed by atoms with Gasteiger partial charge < -0.3 is 5.73 Å². The summed E-state index contributed by atoms with van der Waals surface area (Å²) in [6.07, 6.45) is 3.90. The van der Waals surface area contributed by atoms with E-state index in [1.54, 1.807) is 6.07 Å². The van der Waals surface area contributed by atoms with Gasteiger partial charge in [-0.05, 0) is 70.2 Å². The van der Waals surface area contributed by atoms with Crippen LogP contribution in [0.3, 0.4) is 0 Å². The van der Waals surface area contributed by atoms with E-state index in [0.717, 1.165) is 14.7 Å². The molecule has 0 spiro atoms. The van der Waals surface area contributed by atoms with Gasteiger partial charge in [-0.3, -0.25) is 0 Å². The maximum absolute atomic E-state index is 13.2. The van der Waals surface area contributed by atoms with Crippen LogP contribution in [0.4, 0.5) is 4.39 Å². The standard InChI is InChI=1S/C17H17FIN/c18-14-7-8-15(16(19)10-14)17(20)13-6-2-5-12(9-13)11-3-1-4-11/h2,5-11,17H,1,3-4,20H2. The normalized spacial score (nSPS) is 16.8. The molecule has 0 bridgehead atoms. The van der Waals surface area contributed by atoms with E-state index in [4.69, 9.17) is 5.73 Å². The SMILES string of the molecule is NC(c1cccc(C2CCC2)c1)c1ccc(F)cc1I. The lowest BCUT2D eigenvalue weighted by atomic mass is 9.79. The molecular weight excluding hydrogens is 364 g/mol. The summed E-state index contributed by atoms with van der Waals surface area (Å²) >= 11 is 2.15. The number of hydrogen-bond acceptors (Lipinski definition) is 1. The molecule has 0 heterocycles. The molecule has 20 heavy (non-hydrogen) atoms. The maximum Gasteiger partial charge on any atom is 0.124 e. The number of nitrogens with two attached hydrogens (primary N) is 1. The fourth-order valence-corrected chi connectivity index (χ4v) is 3.49. The Labute approximate surface area is 132 Å². The molecule has 0 aromatic heterocycles. The summed E-state index contributed by atoms with van der Waals surface area (Å²) in [7, 11) is 0. The van der Waals surface area contributed by atoms with Gasteiger partial charge in [0.1, 0.15) is 5.82 Å². The van der Waals surface area contributed by atoms with Crippen molar-refractivity contribution in [3.63, 3.8) is 0 Å². The first-order valence-corrected chi connectivity index (χ1v) is 8.03. The van der Waals surface area contributed by atoms with E-state index in [2.05, 4.69) is 46.9 Å². The molecule has 1 saturated carbocycles. The summed E-state index contributed by atoms with van der Waals surface area (Å²) < 4.78 is 14.1. The van der Waals surface area contributed by atoms with Crippen LogP contribution in [0.25, 0.3) is 0 Å². The van der Waals surface area contributed by atoms with Crippen LogP contribution in [0, 0.1) is 9.39 Å². The molecule has 3 rings (SSSR count). The van der Waals surface area contributed by atoms with Crippen molar-refractivity contribution in [2.24, 2.45) is 5.73 Å². The predicted molar refractivity (Wildman–Crippen MR) is 88.2 cm³/mol. The van der Waals surface area contributed by atoms with Crippen molar-refractivity contribution in [3.05, 3.63) is 68.5 Å². The Bertz CT molecular complexity index is 622. The Morgan fingerprint density at radius 3 is 2.60 bits per heavy atom. The van der Waals surface area contributed by atoms with Crippen LogP contribution in [0.5, 0.6) is 0 Å². The maximum atomic E-state index is 13.2. The largest absolute Gasteiger partial charge is 0.320 e. The lowest BCUT2D eigenvalue weighted by molar-refractivity contribution is 0.419. The molecule has 1 atom stereocenters. The molecule has 2 aromatic rings. The molecule has 1 aliphatic rings. The van der Waals surface area contributed by atoms with E-state index in [9.17, 15) is 4.39 Å². The van der Waals surface area contributed by atoms with Gasteiger partial charge in [0, 0.05) is 3.57 Å². The third-order valence-corrected chi connectivity index (χ3v) is 5.08. The topological polar surface area (TPSA) is 26.0 Å². The minimum atomic E-state index is -0.214. The van der Waals surface area contributed by atoms with Gasteiger partial charge in [0.25, 0.3) is 0 Å². The smallest absolute Gasteiger partial charge is 0.124 e. The van der Waals surface area contributed by atoms with Gasteiger partial charge in [0.2, 0.25) is 0 Å². The second-order valence-corrected chi connectivity index (χ2v) is 6.60. The third kappa shape index (κ3) is 2.74. The van der Waals surface area contributed by atoms with Crippen LogP contribution >= 0.6 is 22.6 Å². The van der Waals surface area contributed by atoms with Crippen LogP contribution < -0.4 is 5.73 Å². The van der Waals surface area contributed by atoms with Crippen LogP contribution in [0.15, 0.2) is 42.5 Å². The summed E-state index contributed by atoms with van der Waals surface area (Å²) in [5, 5.41) is 0. The molecule has 1 nitrogen and oxygen atoms in total. The molecule has 0 saturated heterocycles. The zero-order valence-corrected chi connectivity index (χ0v) is 13.3. The summed E-state index contributed by atoms with van der Waals surface area (Å²) in [6, 6.07) is 13.2. The minimum Gasteiger partial charge on any atom is -0.320 e. The highest BCUT2D eigenvalue weighted by Crippen LogP contribution is 2.37. The van der Waals surface area contributed by atoms with Crippen molar-refractivity contribution in [2.75, 3.05) is 0 Å². The van der Waals surface area contributed by atoms with Crippen molar-refractivity contribution in [2.45, 2.75) is 31.2 Å². The average molecular weight is 381 g/mol. The van der Waals surface area contributed by atoms with Gasteiger partial charge in [-0.25, -0.2) is 4.39 Å². The van der Waals surface area contributed by atoms with Crippen molar-refractivity contribution in [1.29, 1.82) is 0 Å². The van der Waals surface area contributed by atoms with E-state index < -0.39 is 0 Å². The first-order chi connectivity index (χ1) is 9.65. The van der Waals surface area contributed by atoms with E-state index in [-0.39, 0.29) is 11.9 Å². The van der Waals surface area contributed by atoms with Crippen LogP contribution in [0.2, 0.25) is 0 Å². The highest BCUT2D eigenvalue weighted by atomic mass is 127. The zero-order chi connectivity index (χ0) is 14.1. The number of benzene rings is 2. The van der Waals surface area contributed by atoms with E-state index >= 15 is 0 Å². The Kier molecular flexibility index (Phi) is 4.08. The van der Waals surface area contributed by atoms with Gasteiger partial charge in [-0.2, -0.15) is 0 Å². The first kappa shape index (κ1) is 14.0. The minimum absolute atomic E-state index is 0.192. The molecule has 0 radical (unpaired) electrons. The zero-order valence-electron chi connectivity index (χ0n) is 11.2. The summed E-state index contributed by atoms with van der Waals surface area (Å²) in [6.45, 7) is 0. The van der Waals surface area contributed by atoms with Crippen molar-refractivity contribution >= 4 is 22.6 Å². The number of halogens is 2. The molecule has 2 N–H and O–H groups in total. The molecule has 0 amide bonds. The third-order valence-electron chi connectivity index (χ3n) is 4.14. The Morgan fingerprint density at radius 2 is 1.95 bits per heavy atom. The number of rotatable bonds is 3. The van der Waals surface area contributed by atoms with Crippen molar-refractivity contribution in [1.82, 2.24) is 0 Å². The molecule has 2 aromatic carbocycles. The first-order valence-electron chi connectivity index (χ1n) is 6.95. The molecule has 3 heteroatoms. The summed E-state index contributed by atoms with van der Waals surface area (Å²) in [5.74, 6) is 0.489. The second-order valence-electron chi connectivity index (χ2n) is 5.44. The Morgan fingerprint density at radius 1 is 1.15 bits per heavy atom. The van der Waals surface area contributed by atoms with Crippen molar-refractivity contribution in [3.8, 4) is 0 Å². The number of hydrogen-bond donors (Lipinski definition) is 1. The van der Waals surface area contributed by atoms with Gasteiger partial charge in [-0.15, -0.1) is 0 Å². The second kappa shape index (κ2) is 5.82. The summed E-state index contributed by atoms with van der Waals surface area (Å²) in [4.78, 5) is 0. The molecule has 1 fully saturated rings. The van der Waals surface area contributed by atoms with Gasteiger partial charge in [-0.1, -0.05) is 36.8 Å². The molecule has 1 aliphatic carbocycles. The predicted octanol–water partition coefficient (Wildman–Crippen LogP) is 4.75. The molecule has 0 aliphatic heterocycles. The average Bonchev–Trinajstić information content (AvgIpc) is 2.36. The van der Waals surface area contributed by atoms with E-state index in [1.807, 2.05) is 0 Å². The Hall–Kier alpha value is -0.940. The lowest BCUT2D eigenvalue weighted by Gasteiger charge is -2.26. The highest BCUT2D eigenvalue weighted by Gasteiger charge is 2.20. The fraction of sp³-hybridized carbons (Fsp3) is 0.294. The monoisotopic (exact) mass is 381 g/mol. The summed E-state index contributed by atoms with van der Waals surface area (Å²) in [5.41, 5.74) is 9.85. The molecule has 104 valence electrons. The van der Waals surface area contributed by atoms with Crippen molar-refractivity contribution < 1.29 is 4.39 Å². The Balaban J connectivity index is 1.91. The quantitative estimate of drug-likeness (QED) is 0.764. The molecule has 1 unspecified atom stereocenters. The van der Waals surface area contributed by atoms with Crippen LogP contribution in [0.1, 0.15) is 47.9 Å². The van der Waals surface area contributed by atoms with Crippen LogP contribution in [-0.2, 0) is 0 Å². The van der Waals surface area contributed by atoms with Gasteiger partial charge >= 0.3 is 0 Å². The van der Waals surface area contributed by atoms with Crippen LogP contribution in [-0.4, -0.2) is 0 Å². The highest BCUT2D eigenvalue weighted by molar-refractivity contribution is 14.1. The fourth-order valence-electron chi connectivity index (χ4n) is 2.68.